The van der Waals surface area contributed by atoms with Crippen molar-refractivity contribution in [3.05, 3.63) is 33.4 Å². The van der Waals surface area contributed by atoms with Gasteiger partial charge < -0.3 is 0 Å². The van der Waals surface area contributed by atoms with Crippen molar-refractivity contribution >= 4 is 27.3 Å². The molecule has 0 bridgehead atoms. The smallest absolute Gasteiger partial charge is 0.258 e. The summed E-state index contributed by atoms with van der Waals surface area (Å²) in [5, 5.41) is 10.8. The van der Waals surface area contributed by atoms with E-state index in [0.717, 1.165) is 12.8 Å². The second-order valence-electron chi connectivity index (χ2n) is 5.34. The molecule has 1 aromatic carbocycles. The van der Waals surface area contributed by atoms with Gasteiger partial charge in [-0.3, -0.25) is 10.1 Å². The van der Waals surface area contributed by atoms with Gasteiger partial charge in [-0.1, -0.05) is 6.42 Å². The highest BCUT2D eigenvalue weighted by atomic mass is 35.5. The number of nitro benzene ring substituents is 1. The van der Waals surface area contributed by atoms with E-state index in [9.17, 15) is 18.5 Å². The molecule has 1 fully saturated rings. The van der Waals surface area contributed by atoms with Gasteiger partial charge in [0.15, 0.2) is 4.90 Å². The maximum absolute atomic E-state index is 12.4. The van der Waals surface area contributed by atoms with Crippen LogP contribution in [-0.2, 0) is 10.0 Å². The van der Waals surface area contributed by atoms with Gasteiger partial charge in [0.25, 0.3) is 5.69 Å². The number of nitrogens with one attached hydrogen (secondary N) is 1. The van der Waals surface area contributed by atoms with E-state index in [0.29, 0.717) is 17.5 Å². The summed E-state index contributed by atoms with van der Waals surface area (Å²) < 4.78 is 27.4. The number of alkyl halides is 1. The van der Waals surface area contributed by atoms with Crippen LogP contribution in [0.15, 0.2) is 17.0 Å². The summed E-state index contributed by atoms with van der Waals surface area (Å²) in [6.07, 6.45) is 2.23. The molecule has 1 aliphatic carbocycles. The van der Waals surface area contributed by atoms with Crippen LogP contribution in [0.1, 0.15) is 30.4 Å². The molecule has 0 radical (unpaired) electrons. The van der Waals surface area contributed by atoms with E-state index in [2.05, 4.69) is 4.72 Å². The molecule has 1 saturated carbocycles. The lowest BCUT2D eigenvalue weighted by Crippen LogP contribution is -2.38. The maximum Gasteiger partial charge on any atom is 0.289 e. The normalized spacial score (nSPS) is 22.4. The van der Waals surface area contributed by atoms with Gasteiger partial charge in [0.05, 0.1) is 4.92 Å². The molecule has 0 aliphatic heterocycles. The van der Waals surface area contributed by atoms with Gasteiger partial charge in [0.2, 0.25) is 10.0 Å². The zero-order chi connectivity index (χ0) is 15.8. The number of benzene rings is 1. The molecule has 2 atom stereocenters. The van der Waals surface area contributed by atoms with E-state index in [-0.39, 0.29) is 16.3 Å². The zero-order valence-electron chi connectivity index (χ0n) is 11.8. The number of halogens is 1. The van der Waals surface area contributed by atoms with Crippen molar-refractivity contribution in [2.24, 2.45) is 0 Å². The van der Waals surface area contributed by atoms with Crippen LogP contribution in [-0.4, -0.2) is 24.8 Å². The van der Waals surface area contributed by atoms with Gasteiger partial charge in [0.1, 0.15) is 0 Å². The Labute approximate surface area is 128 Å². The fourth-order valence-corrected chi connectivity index (χ4v) is 4.41. The lowest BCUT2D eigenvalue weighted by molar-refractivity contribution is -0.387. The largest absolute Gasteiger partial charge is 0.289 e. The van der Waals surface area contributed by atoms with E-state index in [1.807, 2.05) is 0 Å². The van der Waals surface area contributed by atoms with E-state index in [1.54, 1.807) is 13.8 Å². The molecule has 0 heterocycles. The first-order valence-electron chi connectivity index (χ1n) is 6.64. The topological polar surface area (TPSA) is 89.3 Å². The molecule has 2 unspecified atom stereocenters. The summed E-state index contributed by atoms with van der Waals surface area (Å²) in [5.74, 6) is 0. The molecule has 0 amide bonds. The van der Waals surface area contributed by atoms with E-state index in [1.165, 1.54) is 12.1 Å². The van der Waals surface area contributed by atoms with Crippen molar-refractivity contribution < 1.29 is 13.3 Å². The molecule has 0 aromatic heterocycles. The van der Waals surface area contributed by atoms with Crippen molar-refractivity contribution in [1.82, 2.24) is 4.72 Å². The van der Waals surface area contributed by atoms with E-state index >= 15 is 0 Å². The molecular weight excluding hydrogens is 316 g/mol. The second-order valence-corrected chi connectivity index (χ2v) is 7.58. The van der Waals surface area contributed by atoms with Crippen LogP contribution in [0, 0.1) is 24.0 Å². The molecule has 21 heavy (non-hydrogen) atoms. The fraction of sp³-hybridized carbons (Fsp3) is 0.538. The minimum atomic E-state index is -3.97. The lowest BCUT2D eigenvalue weighted by atomic mass is 10.1. The average Bonchev–Trinajstić information content (AvgIpc) is 2.77. The predicted molar refractivity (Wildman–Crippen MR) is 80.2 cm³/mol. The number of sulfonamides is 1. The second kappa shape index (κ2) is 5.90. The highest BCUT2D eigenvalue weighted by molar-refractivity contribution is 7.89. The van der Waals surface area contributed by atoms with Crippen LogP contribution in [0.3, 0.4) is 0 Å². The molecule has 2 rings (SSSR count). The Hall–Kier alpha value is -1.18. The van der Waals surface area contributed by atoms with Gasteiger partial charge >= 0.3 is 0 Å². The van der Waals surface area contributed by atoms with E-state index < -0.39 is 20.6 Å². The number of hydrogen-bond acceptors (Lipinski definition) is 4. The van der Waals surface area contributed by atoms with Crippen molar-refractivity contribution in [2.45, 2.75) is 49.4 Å². The highest BCUT2D eigenvalue weighted by Crippen LogP contribution is 2.30. The Morgan fingerprint density at radius 1 is 1.29 bits per heavy atom. The van der Waals surface area contributed by atoms with Gasteiger partial charge in [-0.05, 0) is 43.9 Å². The molecule has 0 spiro atoms. The minimum absolute atomic E-state index is 0.273. The fourth-order valence-electron chi connectivity index (χ4n) is 2.44. The third-order valence-electron chi connectivity index (χ3n) is 3.80. The van der Waals surface area contributed by atoms with Gasteiger partial charge in [-0.2, -0.15) is 0 Å². The van der Waals surface area contributed by atoms with Crippen LogP contribution in [0.2, 0.25) is 0 Å². The Morgan fingerprint density at radius 3 is 2.43 bits per heavy atom. The first kappa shape index (κ1) is 16.2. The summed E-state index contributed by atoms with van der Waals surface area (Å²) in [5.41, 5.74) is 0.960. The summed E-state index contributed by atoms with van der Waals surface area (Å²) in [4.78, 5) is 10.1. The third-order valence-corrected chi connectivity index (χ3v) is 5.84. The quantitative estimate of drug-likeness (QED) is 0.521. The van der Waals surface area contributed by atoms with Gasteiger partial charge in [-0.25, -0.2) is 13.1 Å². The number of nitro groups is 1. The number of aryl methyl sites for hydroxylation is 2. The maximum atomic E-state index is 12.4. The van der Waals surface area contributed by atoms with Gasteiger partial charge in [-0.15, -0.1) is 11.6 Å². The van der Waals surface area contributed by atoms with Crippen LogP contribution in [0.5, 0.6) is 0 Å². The van der Waals surface area contributed by atoms with Crippen molar-refractivity contribution in [3.8, 4) is 0 Å². The van der Waals surface area contributed by atoms with E-state index in [4.69, 9.17) is 11.6 Å². The van der Waals surface area contributed by atoms with Crippen molar-refractivity contribution in [2.75, 3.05) is 0 Å². The molecule has 8 heteroatoms. The Kier molecular flexibility index (Phi) is 4.55. The standard InChI is InChI=1S/C13H17ClN2O4S/c1-8-6-12(16(17)18)13(7-9(8)2)21(19,20)15-11-5-3-4-10(11)14/h6-7,10-11,15H,3-5H2,1-2H3. The number of rotatable bonds is 4. The first-order chi connectivity index (χ1) is 9.72. The summed E-state index contributed by atoms with van der Waals surface area (Å²) in [7, 11) is -3.97. The van der Waals surface area contributed by atoms with Gasteiger partial charge in [0, 0.05) is 17.5 Å². The van der Waals surface area contributed by atoms with Crippen molar-refractivity contribution in [1.29, 1.82) is 0 Å². The molecular formula is C13H17ClN2O4S. The van der Waals surface area contributed by atoms with Crippen molar-refractivity contribution in [3.63, 3.8) is 0 Å². The number of nitrogens with zero attached hydrogens (tertiary/aromatic N) is 1. The molecule has 1 aromatic rings. The Balaban J connectivity index is 2.44. The predicted octanol–water partition coefficient (Wildman–Crippen LogP) is 2.65. The lowest BCUT2D eigenvalue weighted by Gasteiger charge is -2.16. The minimum Gasteiger partial charge on any atom is -0.258 e. The molecule has 1 N–H and O–H groups in total. The third kappa shape index (κ3) is 3.36. The molecule has 6 nitrogen and oxygen atoms in total. The summed E-state index contributed by atoms with van der Waals surface area (Å²) in [6.45, 7) is 3.43. The van der Waals surface area contributed by atoms with Crippen LogP contribution in [0.25, 0.3) is 0 Å². The first-order valence-corrected chi connectivity index (χ1v) is 8.56. The number of hydrogen-bond donors (Lipinski definition) is 1. The average molecular weight is 333 g/mol. The van der Waals surface area contributed by atoms with Crippen LogP contribution in [0.4, 0.5) is 5.69 Å². The summed E-state index contributed by atoms with van der Waals surface area (Å²) in [6, 6.07) is 2.25. The van der Waals surface area contributed by atoms with Crippen LogP contribution >= 0.6 is 11.6 Å². The van der Waals surface area contributed by atoms with Crippen LogP contribution < -0.4 is 4.72 Å². The zero-order valence-corrected chi connectivity index (χ0v) is 13.4. The Bertz CT molecular complexity index is 675. The SMILES string of the molecule is Cc1cc([N+](=O)[O-])c(S(=O)(=O)NC2CCCC2Cl)cc1C. The molecule has 0 saturated heterocycles. The Morgan fingerprint density at radius 2 is 1.90 bits per heavy atom. The highest BCUT2D eigenvalue weighted by Gasteiger charge is 2.33. The molecule has 1 aliphatic rings. The summed E-state index contributed by atoms with van der Waals surface area (Å²) >= 11 is 6.07. The molecule has 116 valence electrons. The monoisotopic (exact) mass is 332 g/mol.